The molecule has 0 spiro atoms. The van der Waals surface area contributed by atoms with Crippen molar-refractivity contribution >= 4 is 52.5 Å². The second-order valence-corrected chi connectivity index (χ2v) is 30.8. The van der Waals surface area contributed by atoms with Crippen molar-refractivity contribution in [2.24, 2.45) is 59.2 Å². The number of fused-ring (bicyclic) bond motifs is 3. The van der Waals surface area contributed by atoms with Crippen molar-refractivity contribution in [1.29, 1.82) is 0 Å². The molecule has 11 atom stereocenters. The van der Waals surface area contributed by atoms with Gasteiger partial charge in [0, 0.05) is 0 Å². The molecule has 0 bridgehead atoms. The second-order valence-electron chi connectivity index (χ2n) is 19.1. The first kappa shape index (κ1) is 58.6. The monoisotopic (exact) mass is 1060 g/mol. The molecule has 0 aromatic heterocycles. The molecule has 0 heterocycles. The van der Waals surface area contributed by atoms with Gasteiger partial charge in [-0.25, -0.2) is 0 Å². The van der Waals surface area contributed by atoms with Gasteiger partial charge in [-0.1, -0.05) is 227 Å². The number of hydrogen-bond donors (Lipinski definition) is 0. The Morgan fingerprint density at radius 2 is 0.695 bits per heavy atom. The van der Waals surface area contributed by atoms with E-state index in [1.54, 1.807) is 61.7 Å². The molecule has 334 valence electrons. The topological polar surface area (TPSA) is 0 Å². The Bertz CT molecular complexity index is 1230. The molecule has 0 aliphatic heterocycles. The summed E-state index contributed by atoms with van der Waals surface area (Å²) < 4.78 is 0. The van der Waals surface area contributed by atoms with Crippen molar-refractivity contribution in [1.82, 2.24) is 0 Å². The zero-order valence-electron chi connectivity index (χ0n) is 38.9. The maximum atomic E-state index is 4.93. The molecule has 7 fully saturated rings. The van der Waals surface area contributed by atoms with Crippen LogP contribution in [0.3, 0.4) is 0 Å². The zero-order chi connectivity index (χ0) is 39.2. The van der Waals surface area contributed by atoms with Crippen molar-refractivity contribution < 1.29 is 41.7 Å². The van der Waals surface area contributed by atoms with Crippen molar-refractivity contribution in [2.45, 2.75) is 167 Å². The van der Waals surface area contributed by atoms with Crippen molar-refractivity contribution in [3.05, 3.63) is 90.4 Å². The van der Waals surface area contributed by atoms with Gasteiger partial charge in [0.25, 0.3) is 0 Å². The van der Waals surface area contributed by atoms with Crippen LogP contribution < -0.4 is 10.4 Å². The molecule has 2 aromatic rings. The third kappa shape index (κ3) is 14.8. The summed E-state index contributed by atoms with van der Waals surface area (Å²) in [6.45, 7) is 10.4. The Hall–Kier alpha value is 1.58. The second kappa shape index (κ2) is 30.7. The fraction of sp³-hybridized carbons (Fsp3) is 0.692. The van der Waals surface area contributed by atoms with Gasteiger partial charge in [-0.15, -0.1) is 0 Å². The Balaban J connectivity index is 0.000000508. The maximum absolute atomic E-state index is 4.93. The van der Waals surface area contributed by atoms with E-state index in [1.807, 2.05) is 0 Å². The summed E-state index contributed by atoms with van der Waals surface area (Å²) in [5.74, 6) is 9.88. The SMILES string of the molecule is C1CCC2CCCC2C1.C1CCC2CCCC2C1.CC1C(C)C(C)C([Si](c2ccccc2)(c2ccccc2)C2CCC3CCCCC32)C1C.[CH3-].[CH3-].[CH3-].[CH3-].[Cl][Zr+2][Cl].[Cl][Zr+2][Cl]. The Morgan fingerprint density at radius 3 is 1.05 bits per heavy atom. The fourth-order valence-corrected chi connectivity index (χ4v) is 22.2. The predicted molar refractivity (Wildman–Crippen MR) is 264 cm³/mol. The number of hydrogen-bond acceptors (Lipinski definition) is 0. The molecule has 7 heteroatoms. The van der Waals surface area contributed by atoms with Crippen molar-refractivity contribution in [3.63, 3.8) is 0 Å². The summed E-state index contributed by atoms with van der Waals surface area (Å²) in [7, 11) is 17.7. The van der Waals surface area contributed by atoms with Crippen LogP contribution in [0.5, 0.6) is 0 Å². The molecule has 7 aliphatic carbocycles. The minimum absolute atomic E-state index is 0. The molecule has 11 unspecified atom stereocenters. The predicted octanol–water partition coefficient (Wildman–Crippen LogP) is 17.7. The van der Waals surface area contributed by atoms with Crippen LogP contribution in [0.15, 0.2) is 60.7 Å². The van der Waals surface area contributed by atoms with E-state index in [0.717, 1.165) is 46.6 Å². The van der Waals surface area contributed by atoms with Gasteiger partial charge in [-0.05, 0) is 70.3 Å². The average Bonchev–Trinajstić information content (AvgIpc) is 4.04. The van der Waals surface area contributed by atoms with Gasteiger partial charge in [0.2, 0.25) is 0 Å². The molecule has 0 radical (unpaired) electrons. The number of benzene rings is 2. The van der Waals surface area contributed by atoms with Crippen LogP contribution in [0.1, 0.15) is 156 Å². The van der Waals surface area contributed by atoms with Gasteiger partial charge in [-0.3, -0.25) is 0 Å². The summed E-state index contributed by atoms with van der Waals surface area (Å²) in [6, 6.07) is 24.0. The van der Waals surface area contributed by atoms with Gasteiger partial charge < -0.3 is 29.7 Å². The molecule has 7 aliphatic rings. The third-order valence-electron chi connectivity index (χ3n) is 17.0. The molecule has 2 aromatic carbocycles. The number of rotatable bonds is 4. The summed E-state index contributed by atoms with van der Waals surface area (Å²) in [6.07, 6.45) is 30.6. The first-order chi connectivity index (χ1) is 26.8. The Kier molecular flexibility index (Phi) is 30.5. The molecule has 0 amide bonds. The van der Waals surface area contributed by atoms with E-state index in [4.69, 9.17) is 34.1 Å². The van der Waals surface area contributed by atoms with Crippen molar-refractivity contribution in [3.8, 4) is 0 Å². The van der Waals surface area contributed by atoms with Crippen molar-refractivity contribution in [2.75, 3.05) is 0 Å². The van der Waals surface area contributed by atoms with Crippen LogP contribution in [-0.4, -0.2) is 8.07 Å². The molecule has 0 saturated heterocycles. The van der Waals surface area contributed by atoms with E-state index in [1.165, 1.54) is 101 Å². The van der Waals surface area contributed by atoms with Crippen LogP contribution in [0.25, 0.3) is 0 Å². The molecular formula is C52H86Cl4SiZr2. The molecule has 0 nitrogen and oxygen atoms in total. The van der Waals surface area contributed by atoms with Crippen LogP contribution in [0.2, 0.25) is 11.1 Å². The summed E-state index contributed by atoms with van der Waals surface area (Å²) >= 11 is -1.65. The third-order valence-corrected chi connectivity index (χ3v) is 23.6. The van der Waals surface area contributed by atoms with Crippen LogP contribution in [0.4, 0.5) is 0 Å². The van der Waals surface area contributed by atoms with E-state index < -0.39 is 49.8 Å². The zero-order valence-corrected chi connectivity index (χ0v) is 47.8. The summed E-state index contributed by atoms with van der Waals surface area (Å²) in [5.41, 5.74) is 1.75. The summed E-state index contributed by atoms with van der Waals surface area (Å²) in [4.78, 5) is 0. The van der Waals surface area contributed by atoms with Gasteiger partial charge >= 0.3 is 75.7 Å². The minimum atomic E-state index is -2.00. The van der Waals surface area contributed by atoms with Crippen LogP contribution in [-0.2, 0) is 41.7 Å². The first-order valence-corrected chi connectivity index (χ1v) is 37.7. The average molecular weight is 1060 g/mol. The summed E-state index contributed by atoms with van der Waals surface area (Å²) in [5, 5.41) is 3.48. The Morgan fingerprint density at radius 1 is 0.390 bits per heavy atom. The standard InChI is InChI=1S/C30H42Si.2C9H16.4CH3.4ClH.2Zr/c1-21-22(2)24(4)30(23(21)3)31(26-14-7-5-8-15-26,27-16-9-6-10-17-27)29-20-19-25-13-11-12-18-28(25)29;2*1-2-5-9-7-3-6-8(9)4-1;;;;;;;;;;/h5-10,14-17,21-25,28-30H,11-13,18-20H2,1-4H3;2*8-9H,1-7H2;4*1H3;4*1H;;/q;;;4*-1;;;;;2*+4/p-4. The molecule has 9 rings (SSSR count). The number of halogens is 4. The fourth-order valence-electron chi connectivity index (χ4n) is 14.2. The van der Waals surface area contributed by atoms with E-state index >= 15 is 0 Å². The molecular weight excluding hydrogens is 977 g/mol. The van der Waals surface area contributed by atoms with E-state index in [0.29, 0.717) is 0 Å². The van der Waals surface area contributed by atoms with Gasteiger partial charge in [-0.2, -0.15) is 0 Å². The molecule has 0 N–H and O–H groups in total. The van der Waals surface area contributed by atoms with Crippen LogP contribution >= 0.6 is 34.1 Å². The van der Waals surface area contributed by atoms with Gasteiger partial charge in [0.15, 0.2) is 0 Å². The first-order valence-electron chi connectivity index (χ1n) is 22.9. The van der Waals surface area contributed by atoms with E-state index in [2.05, 4.69) is 88.4 Å². The van der Waals surface area contributed by atoms with E-state index in [9.17, 15) is 0 Å². The quantitative estimate of drug-likeness (QED) is 0.211. The van der Waals surface area contributed by atoms with Crippen LogP contribution in [0, 0.1) is 88.9 Å². The molecule has 7 saturated carbocycles. The van der Waals surface area contributed by atoms with E-state index in [-0.39, 0.29) is 29.7 Å². The molecule has 59 heavy (non-hydrogen) atoms. The van der Waals surface area contributed by atoms with Gasteiger partial charge in [0.05, 0.1) is 0 Å². The van der Waals surface area contributed by atoms with Gasteiger partial charge in [0.1, 0.15) is 8.07 Å². The normalized spacial score (nSPS) is 33.4. The Labute approximate surface area is 406 Å².